The number of benzene rings is 2. The highest BCUT2D eigenvalue weighted by atomic mass is 32.2. The van der Waals surface area contributed by atoms with Crippen LogP contribution in [-0.4, -0.2) is 15.6 Å². The molecule has 0 fully saturated rings. The fraction of sp³-hybridized carbons (Fsp3) is 0.143. The summed E-state index contributed by atoms with van der Waals surface area (Å²) in [5.74, 6) is 0.629. The minimum Gasteiger partial charge on any atom is -0.508 e. The zero-order valence-corrected chi connectivity index (χ0v) is 10.8. The molecule has 0 aliphatic rings. The van der Waals surface area contributed by atoms with Crippen LogP contribution in [0.2, 0.25) is 0 Å². The second-order valence-electron chi connectivity index (χ2n) is 3.86. The van der Waals surface area contributed by atoms with Gasteiger partial charge in [0.1, 0.15) is 18.1 Å². The van der Waals surface area contributed by atoms with Crippen molar-refractivity contribution in [2.45, 2.75) is 11.5 Å². The van der Waals surface area contributed by atoms with Gasteiger partial charge in [-0.05, 0) is 23.8 Å². The first-order valence-electron chi connectivity index (χ1n) is 5.50. The van der Waals surface area contributed by atoms with E-state index in [4.69, 9.17) is 4.74 Å². The van der Waals surface area contributed by atoms with E-state index in [1.165, 1.54) is 12.1 Å². The van der Waals surface area contributed by atoms with Crippen molar-refractivity contribution >= 4 is 10.8 Å². The molecule has 2 aromatic rings. The van der Waals surface area contributed by atoms with E-state index < -0.39 is 10.8 Å². The number of phenolic OH excluding ortho intramolecular Hbond substituents is 1. The van der Waals surface area contributed by atoms with Gasteiger partial charge in [-0.1, -0.05) is 30.3 Å². The second-order valence-corrected chi connectivity index (χ2v) is 5.21. The number of hydrogen-bond donors (Lipinski definition) is 1. The van der Waals surface area contributed by atoms with E-state index in [-0.39, 0.29) is 5.75 Å². The molecule has 0 heterocycles. The molecule has 2 aromatic carbocycles. The number of hydrogen-bond acceptors (Lipinski definition) is 3. The Kier molecular flexibility index (Phi) is 3.99. The largest absolute Gasteiger partial charge is 0.508 e. The summed E-state index contributed by atoms with van der Waals surface area (Å²) in [7, 11) is -1.19. The molecule has 0 bridgehead atoms. The van der Waals surface area contributed by atoms with Crippen molar-refractivity contribution in [1.82, 2.24) is 0 Å². The van der Waals surface area contributed by atoms with Gasteiger partial charge in [-0.2, -0.15) is 0 Å². The molecule has 94 valence electrons. The second kappa shape index (κ2) is 5.69. The molecule has 1 atom stereocenters. The average molecular weight is 262 g/mol. The molecule has 0 radical (unpaired) electrons. The molecule has 4 heteroatoms. The topological polar surface area (TPSA) is 46.5 Å². The van der Waals surface area contributed by atoms with E-state index in [9.17, 15) is 9.32 Å². The smallest absolute Gasteiger partial charge is 0.136 e. The molecule has 18 heavy (non-hydrogen) atoms. The Labute approximate surface area is 109 Å². The highest BCUT2D eigenvalue weighted by Crippen LogP contribution is 2.26. The van der Waals surface area contributed by atoms with Crippen LogP contribution in [0.1, 0.15) is 5.56 Å². The minimum atomic E-state index is -1.19. The van der Waals surface area contributed by atoms with E-state index in [0.717, 1.165) is 5.56 Å². The molecular formula is C14H14O3S. The Morgan fingerprint density at radius 3 is 2.56 bits per heavy atom. The molecule has 1 N–H and O–H groups in total. The molecule has 0 saturated heterocycles. The zero-order chi connectivity index (χ0) is 13.0. The van der Waals surface area contributed by atoms with E-state index in [0.29, 0.717) is 17.3 Å². The highest BCUT2D eigenvalue weighted by Gasteiger charge is 2.08. The maximum atomic E-state index is 11.5. The van der Waals surface area contributed by atoms with Gasteiger partial charge in [-0.25, -0.2) is 0 Å². The molecule has 0 amide bonds. The minimum absolute atomic E-state index is 0.0901. The summed E-state index contributed by atoms with van der Waals surface area (Å²) in [5, 5.41) is 9.38. The molecule has 1 unspecified atom stereocenters. The van der Waals surface area contributed by atoms with Crippen LogP contribution < -0.4 is 4.74 Å². The molecule has 0 saturated carbocycles. The van der Waals surface area contributed by atoms with Crippen LogP contribution in [0.4, 0.5) is 0 Å². The van der Waals surface area contributed by atoms with Gasteiger partial charge in [0.25, 0.3) is 0 Å². The molecule has 0 aromatic heterocycles. The summed E-state index contributed by atoms with van der Waals surface area (Å²) < 4.78 is 17.2. The lowest BCUT2D eigenvalue weighted by molar-refractivity contribution is 0.297. The lowest BCUT2D eigenvalue weighted by Gasteiger charge is -2.10. The SMILES string of the molecule is CS(=O)c1cc(O)ccc1OCc1ccccc1. The molecule has 0 spiro atoms. The molecule has 0 aliphatic carbocycles. The summed E-state index contributed by atoms with van der Waals surface area (Å²) in [6, 6.07) is 14.4. The monoisotopic (exact) mass is 262 g/mol. The van der Waals surface area contributed by atoms with Crippen molar-refractivity contribution in [2.24, 2.45) is 0 Å². The Morgan fingerprint density at radius 2 is 1.89 bits per heavy atom. The first-order chi connectivity index (χ1) is 8.66. The van der Waals surface area contributed by atoms with Crippen molar-refractivity contribution < 1.29 is 14.1 Å². The van der Waals surface area contributed by atoms with Crippen LogP contribution in [0.5, 0.6) is 11.5 Å². The van der Waals surface area contributed by atoms with E-state index in [1.54, 1.807) is 12.3 Å². The van der Waals surface area contributed by atoms with Crippen molar-refractivity contribution in [3.05, 3.63) is 54.1 Å². The summed E-state index contributed by atoms with van der Waals surface area (Å²) >= 11 is 0. The fourth-order valence-electron chi connectivity index (χ4n) is 1.58. The predicted octanol–water partition coefficient (Wildman–Crippen LogP) is 2.71. The van der Waals surface area contributed by atoms with Gasteiger partial charge in [0, 0.05) is 6.26 Å². The number of aromatic hydroxyl groups is 1. The lowest BCUT2D eigenvalue weighted by Crippen LogP contribution is -1.99. The zero-order valence-electron chi connectivity index (χ0n) is 10.00. The van der Waals surface area contributed by atoms with Crippen LogP contribution in [-0.2, 0) is 17.4 Å². The van der Waals surface area contributed by atoms with Gasteiger partial charge in [0.05, 0.1) is 15.7 Å². The van der Waals surface area contributed by atoms with Gasteiger partial charge >= 0.3 is 0 Å². The average Bonchev–Trinajstić information content (AvgIpc) is 2.38. The summed E-state index contributed by atoms with van der Waals surface area (Å²) in [6.07, 6.45) is 1.56. The fourth-order valence-corrected chi connectivity index (χ4v) is 2.27. The quantitative estimate of drug-likeness (QED) is 0.921. The molecule has 3 nitrogen and oxygen atoms in total. The lowest BCUT2D eigenvalue weighted by atomic mass is 10.2. The molecule has 2 rings (SSSR count). The van der Waals surface area contributed by atoms with Crippen LogP contribution in [0, 0.1) is 0 Å². The van der Waals surface area contributed by atoms with E-state index in [1.807, 2.05) is 30.3 Å². The number of rotatable bonds is 4. The van der Waals surface area contributed by atoms with Gasteiger partial charge in [0.15, 0.2) is 0 Å². The summed E-state index contributed by atoms with van der Waals surface area (Å²) in [6.45, 7) is 0.413. The van der Waals surface area contributed by atoms with Gasteiger partial charge < -0.3 is 9.84 Å². The summed E-state index contributed by atoms with van der Waals surface area (Å²) in [4.78, 5) is 0.505. The number of phenols is 1. The third-order valence-electron chi connectivity index (χ3n) is 2.47. The Bertz CT molecular complexity index is 552. The Balaban J connectivity index is 2.17. The maximum absolute atomic E-state index is 11.5. The van der Waals surface area contributed by atoms with Crippen molar-refractivity contribution in [3.8, 4) is 11.5 Å². The Morgan fingerprint density at radius 1 is 1.17 bits per heavy atom. The number of ether oxygens (including phenoxy) is 1. The van der Waals surface area contributed by atoms with Gasteiger partial charge in [0.2, 0.25) is 0 Å². The van der Waals surface area contributed by atoms with E-state index in [2.05, 4.69) is 0 Å². The predicted molar refractivity (Wildman–Crippen MR) is 71.2 cm³/mol. The van der Waals surface area contributed by atoms with E-state index >= 15 is 0 Å². The standard InChI is InChI=1S/C14H14O3S/c1-18(16)14-9-12(15)7-8-13(14)17-10-11-5-3-2-4-6-11/h2-9,15H,10H2,1H3. The first-order valence-corrected chi connectivity index (χ1v) is 7.06. The molecular weight excluding hydrogens is 248 g/mol. The van der Waals surface area contributed by atoms with Crippen LogP contribution >= 0.6 is 0 Å². The van der Waals surface area contributed by atoms with Crippen LogP contribution in [0.3, 0.4) is 0 Å². The van der Waals surface area contributed by atoms with Crippen molar-refractivity contribution in [1.29, 1.82) is 0 Å². The van der Waals surface area contributed by atoms with Gasteiger partial charge in [-0.3, -0.25) is 4.21 Å². The third kappa shape index (κ3) is 3.11. The highest BCUT2D eigenvalue weighted by molar-refractivity contribution is 7.84. The van der Waals surface area contributed by atoms with Crippen molar-refractivity contribution in [2.75, 3.05) is 6.26 Å². The maximum Gasteiger partial charge on any atom is 0.136 e. The van der Waals surface area contributed by atoms with Crippen molar-refractivity contribution in [3.63, 3.8) is 0 Å². The van der Waals surface area contributed by atoms with Gasteiger partial charge in [-0.15, -0.1) is 0 Å². The summed E-state index contributed by atoms with van der Waals surface area (Å²) in [5.41, 5.74) is 1.04. The van der Waals surface area contributed by atoms with Crippen LogP contribution in [0.25, 0.3) is 0 Å². The van der Waals surface area contributed by atoms with Crippen LogP contribution in [0.15, 0.2) is 53.4 Å². The third-order valence-corrected chi connectivity index (χ3v) is 3.41. The normalized spacial score (nSPS) is 12.1. The Hall–Kier alpha value is -1.81. The first kappa shape index (κ1) is 12.6. The molecule has 0 aliphatic heterocycles.